The van der Waals surface area contributed by atoms with Gasteiger partial charge in [-0.25, -0.2) is 0 Å². The minimum atomic E-state index is 0.0882. The fraction of sp³-hybridized carbons (Fsp3) is 0.455. The van der Waals surface area contributed by atoms with Gasteiger partial charge in [0.25, 0.3) is 0 Å². The molecule has 1 aromatic heterocycles. The maximum Gasteiger partial charge on any atom is 0.181 e. The van der Waals surface area contributed by atoms with Gasteiger partial charge < -0.3 is 4.74 Å². The van der Waals surface area contributed by atoms with Gasteiger partial charge in [-0.3, -0.25) is 9.78 Å². The van der Waals surface area contributed by atoms with Crippen LogP contribution in [-0.4, -0.2) is 24.0 Å². The standard InChI is InChI=1S/C11H15NO2/c1-2-14-9-5-7-11(13)10-6-3-4-8-12-10/h3-4,6,8H,2,5,7,9H2,1H3. The lowest BCUT2D eigenvalue weighted by Gasteiger charge is -2.00. The molecular weight excluding hydrogens is 178 g/mol. The number of carbonyl (C=O) groups excluding carboxylic acids is 1. The average molecular weight is 193 g/mol. The van der Waals surface area contributed by atoms with Crippen LogP contribution in [0.15, 0.2) is 24.4 Å². The minimum absolute atomic E-state index is 0.0882. The topological polar surface area (TPSA) is 39.2 Å². The molecule has 0 fully saturated rings. The molecule has 0 unspecified atom stereocenters. The summed E-state index contributed by atoms with van der Waals surface area (Å²) in [6, 6.07) is 5.36. The van der Waals surface area contributed by atoms with E-state index < -0.39 is 0 Å². The highest BCUT2D eigenvalue weighted by atomic mass is 16.5. The summed E-state index contributed by atoms with van der Waals surface area (Å²) in [5.41, 5.74) is 0.545. The Labute approximate surface area is 84.1 Å². The first-order valence-electron chi connectivity index (χ1n) is 4.86. The first-order chi connectivity index (χ1) is 6.84. The predicted octanol–water partition coefficient (Wildman–Crippen LogP) is 2.08. The molecule has 0 saturated heterocycles. The molecule has 76 valence electrons. The summed E-state index contributed by atoms with van der Waals surface area (Å²) < 4.78 is 5.15. The molecule has 0 spiro atoms. The number of rotatable bonds is 6. The molecule has 3 heteroatoms. The van der Waals surface area contributed by atoms with Crippen LogP contribution in [0.3, 0.4) is 0 Å². The molecule has 0 aliphatic carbocycles. The Morgan fingerprint density at radius 2 is 2.36 bits per heavy atom. The monoisotopic (exact) mass is 193 g/mol. The Morgan fingerprint density at radius 1 is 1.50 bits per heavy atom. The number of pyridine rings is 1. The van der Waals surface area contributed by atoms with Gasteiger partial charge in [-0.05, 0) is 25.5 Å². The average Bonchev–Trinajstić information content (AvgIpc) is 2.25. The smallest absolute Gasteiger partial charge is 0.181 e. The number of ether oxygens (including phenoxy) is 1. The van der Waals surface area contributed by atoms with Crippen LogP contribution in [0.5, 0.6) is 0 Å². The second kappa shape index (κ2) is 6.27. The minimum Gasteiger partial charge on any atom is -0.382 e. The van der Waals surface area contributed by atoms with Crippen molar-refractivity contribution in [3.8, 4) is 0 Å². The molecule has 0 N–H and O–H groups in total. The molecule has 0 saturated carbocycles. The van der Waals surface area contributed by atoms with Gasteiger partial charge in [-0.1, -0.05) is 6.07 Å². The van der Waals surface area contributed by atoms with Gasteiger partial charge in [0.2, 0.25) is 0 Å². The molecule has 3 nitrogen and oxygen atoms in total. The Balaban J connectivity index is 2.29. The molecule has 1 aromatic rings. The number of hydrogen-bond donors (Lipinski definition) is 0. The molecular formula is C11H15NO2. The Hall–Kier alpha value is -1.22. The Bertz CT molecular complexity index is 272. The van der Waals surface area contributed by atoms with Crippen molar-refractivity contribution in [3.63, 3.8) is 0 Å². The summed E-state index contributed by atoms with van der Waals surface area (Å²) in [5, 5.41) is 0. The zero-order valence-electron chi connectivity index (χ0n) is 8.40. The van der Waals surface area contributed by atoms with E-state index in [9.17, 15) is 4.79 Å². The van der Waals surface area contributed by atoms with Crippen LogP contribution in [0.25, 0.3) is 0 Å². The van der Waals surface area contributed by atoms with Crippen LogP contribution in [-0.2, 0) is 4.74 Å². The van der Waals surface area contributed by atoms with E-state index in [0.29, 0.717) is 25.3 Å². The SMILES string of the molecule is CCOCCCC(=O)c1ccccn1. The third-order valence-corrected chi connectivity index (χ3v) is 1.85. The van der Waals surface area contributed by atoms with Crippen molar-refractivity contribution in [2.24, 2.45) is 0 Å². The molecule has 0 amide bonds. The van der Waals surface area contributed by atoms with Crippen molar-refractivity contribution in [1.82, 2.24) is 4.98 Å². The first kappa shape index (κ1) is 10.9. The molecule has 0 aliphatic heterocycles. The zero-order valence-corrected chi connectivity index (χ0v) is 8.40. The van der Waals surface area contributed by atoms with Gasteiger partial charge in [0.15, 0.2) is 5.78 Å². The van der Waals surface area contributed by atoms with Gasteiger partial charge in [-0.2, -0.15) is 0 Å². The molecule has 0 radical (unpaired) electrons. The number of ketones is 1. The highest BCUT2D eigenvalue weighted by Gasteiger charge is 2.05. The second-order valence-electron chi connectivity index (χ2n) is 2.94. The highest BCUT2D eigenvalue weighted by molar-refractivity contribution is 5.94. The quantitative estimate of drug-likeness (QED) is 0.513. The summed E-state index contributed by atoms with van der Waals surface area (Å²) in [4.78, 5) is 15.5. The van der Waals surface area contributed by atoms with E-state index in [2.05, 4.69) is 4.98 Å². The fourth-order valence-corrected chi connectivity index (χ4v) is 1.13. The lowest BCUT2D eigenvalue weighted by Crippen LogP contribution is -2.03. The van der Waals surface area contributed by atoms with Crippen molar-refractivity contribution >= 4 is 5.78 Å². The maximum absolute atomic E-state index is 11.5. The largest absolute Gasteiger partial charge is 0.382 e. The maximum atomic E-state index is 11.5. The van der Waals surface area contributed by atoms with E-state index in [1.165, 1.54) is 0 Å². The number of Topliss-reactive ketones (excluding diaryl/α,β-unsaturated/α-hetero) is 1. The van der Waals surface area contributed by atoms with Crippen LogP contribution >= 0.6 is 0 Å². The first-order valence-corrected chi connectivity index (χ1v) is 4.86. The summed E-state index contributed by atoms with van der Waals surface area (Å²) in [5.74, 6) is 0.0882. The molecule has 0 bridgehead atoms. The van der Waals surface area contributed by atoms with Crippen LogP contribution in [0.1, 0.15) is 30.3 Å². The number of nitrogens with zero attached hydrogens (tertiary/aromatic N) is 1. The number of carbonyl (C=O) groups is 1. The lowest BCUT2D eigenvalue weighted by atomic mass is 10.1. The second-order valence-corrected chi connectivity index (χ2v) is 2.94. The summed E-state index contributed by atoms with van der Waals surface area (Å²) in [6.07, 6.45) is 2.91. The van der Waals surface area contributed by atoms with Crippen LogP contribution in [0.4, 0.5) is 0 Å². The van der Waals surface area contributed by atoms with Crippen molar-refractivity contribution in [1.29, 1.82) is 0 Å². The zero-order chi connectivity index (χ0) is 10.2. The Kier molecular flexibility index (Phi) is 4.86. The van der Waals surface area contributed by atoms with Crippen molar-refractivity contribution in [3.05, 3.63) is 30.1 Å². The lowest BCUT2D eigenvalue weighted by molar-refractivity contribution is 0.0942. The van der Waals surface area contributed by atoms with Crippen molar-refractivity contribution in [2.75, 3.05) is 13.2 Å². The van der Waals surface area contributed by atoms with E-state index in [0.717, 1.165) is 6.42 Å². The van der Waals surface area contributed by atoms with Crippen LogP contribution < -0.4 is 0 Å². The molecule has 14 heavy (non-hydrogen) atoms. The van der Waals surface area contributed by atoms with E-state index in [1.807, 2.05) is 13.0 Å². The summed E-state index contributed by atoms with van der Waals surface area (Å²) in [6.45, 7) is 3.30. The summed E-state index contributed by atoms with van der Waals surface area (Å²) in [7, 11) is 0. The van der Waals surface area contributed by atoms with Gasteiger partial charge >= 0.3 is 0 Å². The van der Waals surface area contributed by atoms with E-state index in [-0.39, 0.29) is 5.78 Å². The number of aromatic nitrogens is 1. The van der Waals surface area contributed by atoms with E-state index in [4.69, 9.17) is 4.74 Å². The van der Waals surface area contributed by atoms with Crippen LogP contribution in [0, 0.1) is 0 Å². The predicted molar refractivity (Wildman–Crippen MR) is 54.3 cm³/mol. The van der Waals surface area contributed by atoms with Crippen LogP contribution in [0.2, 0.25) is 0 Å². The summed E-state index contributed by atoms with van der Waals surface area (Å²) >= 11 is 0. The third-order valence-electron chi connectivity index (χ3n) is 1.85. The van der Waals surface area contributed by atoms with Gasteiger partial charge in [-0.15, -0.1) is 0 Å². The molecule has 1 rings (SSSR count). The van der Waals surface area contributed by atoms with Crippen molar-refractivity contribution < 1.29 is 9.53 Å². The third kappa shape index (κ3) is 3.66. The highest BCUT2D eigenvalue weighted by Crippen LogP contribution is 2.01. The molecule has 0 atom stereocenters. The normalized spacial score (nSPS) is 10.1. The number of hydrogen-bond acceptors (Lipinski definition) is 3. The molecule has 1 heterocycles. The fourth-order valence-electron chi connectivity index (χ4n) is 1.13. The van der Waals surface area contributed by atoms with Gasteiger partial charge in [0, 0.05) is 25.8 Å². The molecule has 0 aromatic carbocycles. The van der Waals surface area contributed by atoms with Crippen molar-refractivity contribution in [2.45, 2.75) is 19.8 Å². The Morgan fingerprint density at radius 3 is 3.00 bits per heavy atom. The van der Waals surface area contributed by atoms with E-state index in [1.54, 1.807) is 18.3 Å². The van der Waals surface area contributed by atoms with Gasteiger partial charge in [0.1, 0.15) is 5.69 Å². The molecule has 0 aliphatic rings. The van der Waals surface area contributed by atoms with Gasteiger partial charge in [0.05, 0.1) is 0 Å². The van der Waals surface area contributed by atoms with E-state index >= 15 is 0 Å².